The van der Waals surface area contributed by atoms with E-state index in [0.29, 0.717) is 25.1 Å². The first-order chi connectivity index (χ1) is 10.5. The Kier molecular flexibility index (Phi) is 5.78. The highest BCUT2D eigenvalue weighted by Gasteiger charge is 2.05. The molecule has 3 nitrogen and oxygen atoms in total. The summed E-state index contributed by atoms with van der Waals surface area (Å²) in [6.07, 6.45) is 0.912. The van der Waals surface area contributed by atoms with E-state index in [1.54, 1.807) is 0 Å². The van der Waals surface area contributed by atoms with Crippen LogP contribution in [0, 0.1) is 12.7 Å². The van der Waals surface area contributed by atoms with Crippen molar-refractivity contribution in [2.45, 2.75) is 19.8 Å². The number of nitrogens with one attached hydrogen (secondary N) is 1. The topological polar surface area (TPSA) is 38.3 Å². The molecule has 0 fully saturated rings. The minimum absolute atomic E-state index is 0.0134. The van der Waals surface area contributed by atoms with E-state index in [2.05, 4.69) is 5.32 Å². The predicted molar refractivity (Wildman–Crippen MR) is 85.9 cm³/mol. The molecule has 2 aromatic carbocycles. The number of hydrogen-bond acceptors (Lipinski definition) is 2. The Morgan fingerprint density at radius 1 is 1.23 bits per heavy atom. The first-order valence-corrected chi connectivity index (χ1v) is 7.37. The number of ether oxygens (including phenoxy) is 1. The molecule has 0 saturated heterocycles. The molecule has 1 amide bonds. The maximum absolute atomic E-state index is 13.0. The first kappa shape index (κ1) is 16.3. The lowest BCUT2D eigenvalue weighted by molar-refractivity contribution is -0.116. The van der Waals surface area contributed by atoms with Gasteiger partial charge in [0.1, 0.15) is 11.6 Å². The van der Waals surface area contributed by atoms with Gasteiger partial charge in [-0.15, -0.1) is 0 Å². The zero-order valence-corrected chi connectivity index (χ0v) is 13.0. The van der Waals surface area contributed by atoms with E-state index in [0.717, 1.165) is 5.75 Å². The number of halogens is 2. The van der Waals surface area contributed by atoms with Crippen LogP contribution < -0.4 is 10.1 Å². The molecule has 0 spiro atoms. The number of anilines is 1. The molecule has 0 aliphatic heterocycles. The fourth-order valence-electron chi connectivity index (χ4n) is 1.85. The molecule has 2 aromatic rings. The summed E-state index contributed by atoms with van der Waals surface area (Å²) < 4.78 is 18.6. The van der Waals surface area contributed by atoms with Gasteiger partial charge in [0.2, 0.25) is 5.91 Å². The summed E-state index contributed by atoms with van der Waals surface area (Å²) in [5, 5.41) is 2.66. The van der Waals surface area contributed by atoms with Crippen molar-refractivity contribution >= 4 is 23.2 Å². The Bertz CT molecular complexity index is 644. The average Bonchev–Trinajstić information content (AvgIpc) is 2.49. The number of carbonyl (C=O) groups is 1. The number of aryl methyl sites for hydroxylation is 1. The Labute approximate surface area is 134 Å². The SMILES string of the molecule is Cc1ccc(OCCCC(=O)Nc2ccc(F)c(Cl)c2)cc1. The van der Waals surface area contributed by atoms with E-state index >= 15 is 0 Å². The Morgan fingerprint density at radius 2 is 1.95 bits per heavy atom. The van der Waals surface area contributed by atoms with Crippen molar-refractivity contribution in [2.24, 2.45) is 0 Å². The van der Waals surface area contributed by atoms with Gasteiger partial charge < -0.3 is 10.1 Å². The van der Waals surface area contributed by atoms with Gasteiger partial charge >= 0.3 is 0 Å². The molecule has 0 saturated carbocycles. The molecule has 0 radical (unpaired) electrons. The largest absolute Gasteiger partial charge is 0.494 e. The maximum atomic E-state index is 13.0. The van der Waals surface area contributed by atoms with E-state index in [-0.39, 0.29) is 10.9 Å². The fourth-order valence-corrected chi connectivity index (χ4v) is 2.04. The van der Waals surface area contributed by atoms with Crippen LogP contribution >= 0.6 is 11.6 Å². The summed E-state index contributed by atoms with van der Waals surface area (Å²) in [6.45, 7) is 2.47. The number of carbonyl (C=O) groups excluding carboxylic acids is 1. The van der Waals surface area contributed by atoms with Crippen LogP contribution in [-0.4, -0.2) is 12.5 Å². The lowest BCUT2D eigenvalue weighted by atomic mass is 10.2. The van der Waals surface area contributed by atoms with Gasteiger partial charge in [0.15, 0.2) is 0 Å². The normalized spacial score (nSPS) is 10.3. The molecule has 2 rings (SSSR count). The van der Waals surface area contributed by atoms with E-state index in [1.807, 2.05) is 31.2 Å². The van der Waals surface area contributed by atoms with Crippen LogP contribution in [0.25, 0.3) is 0 Å². The van der Waals surface area contributed by atoms with Crippen LogP contribution in [0.1, 0.15) is 18.4 Å². The second-order valence-corrected chi connectivity index (χ2v) is 5.35. The van der Waals surface area contributed by atoms with Crippen molar-refractivity contribution in [1.29, 1.82) is 0 Å². The second-order valence-electron chi connectivity index (χ2n) is 4.94. The lowest BCUT2D eigenvalue weighted by Crippen LogP contribution is -2.12. The highest BCUT2D eigenvalue weighted by molar-refractivity contribution is 6.31. The molecular formula is C17H17ClFNO2. The monoisotopic (exact) mass is 321 g/mol. The average molecular weight is 322 g/mol. The Hall–Kier alpha value is -2.07. The zero-order chi connectivity index (χ0) is 15.9. The molecule has 0 aromatic heterocycles. The quantitative estimate of drug-likeness (QED) is 0.790. The molecule has 1 N–H and O–H groups in total. The van der Waals surface area contributed by atoms with Gasteiger partial charge in [0, 0.05) is 12.1 Å². The minimum atomic E-state index is -0.508. The molecule has 0 aliphatic rings. The van der Waals surface area contributed by atoms with Crippen LogP contribution in [0.5, 0.6) is 5.75 Å². The fraction of sp³-hybridized carbons (Fsp3) is 0.235. The molecule has 22 heavy (non-hydrogen) atoms. The van der Waals surface area contributed by atoms with Gasteiger partial charge in [0.05, 0.1) is 11.6 Å². The Morgan fingerprint density at radius 3 is 2.64 bits per heavy atom. The van der Waals surface area contributed by atoms with Crippen LogP contribution in [-0.2, 0) is 4.79 Å². The van der Waals surface area contributed by atoms with E-state index in [4.69, 9.17) is 16.3 Å². The summed E-state index contributed by atoms with van der Waals surface area (Å²) in [4.78, 5) is 11.8. The van der Waals surface area contributed by atoms with Crippen molar-refractivity contribution in [2.75, 3.05) is 11.9 Å². The zero-order valence-electron chi connectivity index (χ0n) is 12.2. The molecular weight excluding hydrogens is 305 g/mol. The van der Waals surface area contributed by atoms with Gasteiger partial charge in [-0.2, -0.15) is 0 Å². The summed E-state index contributed by atoms with van der Waals surface area (Å²) in [5.41, 5.74) is 1.65. The third kappa shape index (κ3) is 5.04. The summed E-state index contributed by atoms with van der Waals surface area (Å²) in [6, 6.07) is 11.8. The maximum Gasteiger partial charge on any atom is 0.224 e. The standard InChI is InChI=1S/C17H17ClFNO2/c1-12-4-7-14(8-5-12)22-10-2-3-17(21)20-13-6-9-16(19)15(18)11-13/h4-9,11H,2-3,10H2,1H3,(H,20,21). The molecule has 116 valence electrons. The van der Waals surface area contributed by atoms with Gasteiger partial charge in [-0.05, 0) is 43.7 Å². The lowest BCUT2D eigenvalue weighted by Gasteiger charge is -2.08. The smallest absolute Gasteiger partial charge is 0.224 e. The number of hydrogen-bond donors (Lipinski definition) is 1. The van der Waals surface area contributed by atoms with Crippen molar-refractivity contribution in [3.05, 3.63) is 58.9 Å². The van der Waals surface area contributed by atoms with Gasteiger partial charge in [-0.25, -0.2) is 4.39 Å². The molecule has 0 bridgehead atoms. The summed E-state index contributed by atoms with van der Waals surface area (Å²) in [5.74, 6) is 0.123. The van der Waals surface area contributed by atoms with Crippen LogP contribution in [0.2, 0.25) is 5.02 Å². The van der Waals surface area contributed by atoms with Crippen molar-refractivity contribution in [1.82, 2.24) is 0 Å². The van der Waals surface area contributed by atoms with Crippen molar-refractivity contribution in [3.63, 3.8) is 0 Å². The van der Waals surface area contributed by atoms with Gasteiger partial charge in [-0.3, -0.25) is 4.79 Å². The van der Waals surface area contributed by atoms with Gasteiger partial charge in [0.25, 0.3) is 0 Å². The highest BCUT2D eigenvalue weighted by Crippen LogP contribution is 2.19. The van der Waals surface area contributed by atoms with Crippen LogP contribution in [0.15, 0.2) is 42.5 Å². The second kappa shape index (κ2) is 7.80. The van der Waals surface area contributed by atoms with E-state index in [9.17, 15) is 9.18 Å². The Balaban J connectivity index is 1.71. The van der Waals surface area contributed by atoms with Gasteiger partial charge in [-0.1, -0.05) is 29.3 Å². The molecule has 0 aliphatic carbocycles. The number of amides is 1. The molecule has 0 atom stereocenters. The predicted octanol–water partition coefficient (Wildman–Crippen LogP) is 4.59. The highest BCUT2D eigenvalue weighted by atomic mass is 35.5. The molecule has 5 heteroatoms. The first-order valence-electron chi connectivity index (χ1n) is 6.99. The summed E-state index contributed by atoms with van der Waals surface area (Å²) >= 11 is 5.66. The van der Waals surface area contributed by atoms with Crippen molar-refractivity contribution < 1.29 is 13.9 Å². The number of benzene rings is 2. The summed E-state index contributed by atoms with van der Waals surface area (Å²) in [7, 11) is 0. The van der Waals surface area contributed by atoms with E-state index in [1.165, 1.54) is 23.8 Å². The number of rotatable bonds is 6. The third-order valence-electron chi connectivity index (χ3n) is 3.04. The van der Waals surface area contributed by atoms with Crippen molar-refractivity contribution in [3.8, 4) is 5.75 Å². The van der Waals surface area contributed by atoms with Crippen LogP contribution in [0.4, 0.5) is 10.1 Å². The van der Waals surface area contributed by atoms with Crippen LogP contribution in [0.3, 0.4) is 0 Å². The third-order valence-corrected chi connectivity index (χ3v) is 3.33. The van der Waals surface area contributed by atoms with E-state index < -0.39 is 5.82 Å². The minimum Gasteiger partial charge on any atom is -0.494 e. The molecule has 0 unspecified atom stereocenters. The molecule has 0 heterocycles.